The highest BCUT2D eigenvalue weighted by atomic mass is 16.6. The first kappa shape index (κ1) is 31.4. The molecular weight excluding hydrogens is 482 g/mol. The number of urea groups is 1. The van der Waals surface area contributed by atoms with E-state index in [4.69, 9.17) is 9.47 Å². The van der Waals surface area contributed by atoms with Crippen molar-refractivity contribution in [3.05, 3.63) is 29.8 Å². The van der Waals surface area contributed by atoms with Crippen LogP contribution in [0.1, 0.15) is 93.1 Å². The fourth-order valence-electron chi connectivity index (χ4n) is 4.34. The Labute approximate surface area is 229 Å². The highest BCUT2D eigenvalue weighted by Crippen LogP contribution is 2.20. The minimum absolute atomic E-state index is 0.172. The molecular formula is C30H49N3O5. The van der Waals surface area contributed by atoms with Gasteiger partial charge in [-0.1, -0.05) is 38.8 Å². The monoisotopic (exact) mass is 531 g/mol. The summed E-state index contributed by atoms with van der Waals surface area (Å²) < 4.78 is 11.5. The maximum atomic E-state index is 13.5. The number of esters is 1. The standard InChI is InChI=1S/C30H49N3O5/c1-21(2)19-24(32-28(36)33-17-11-9-10-12-18-33)26(34)31-25(27(35)38-30(6,7)8)20-22-13-15-23(16-14-22)37-29(3,4)5/h13-16,21,24-25H,9-12,17-20H2,1-8H3,(H,31,34)(H,32,36). The Kier molecular flexibility index (Phi) is 11.5. The smallest absolute Gasteiger partial charge is 0.329 e. The second-order valence-electron chi connectivity index (χ2n) is 12.7. The van der Waals surface area contributed by atoms with Crippen LogP contribution in [0.5, 0.6) is 5.75 Å². The number of amides is 3. The molecule has 2 atom stereocenters. The maximum Gasteiger partial charge on any atom is 0.329 e. The van der Waals surface area contributed by atoms with Crippen molar-refractivity contribution < 1.29 is 23.9 Å². The van der Waals surface area contributed by atoms with E-state index in [9.17, 15) is 14.4 Å². The lowest BCUT2D eigenvalue weighted by Crippen LogP contribution is -2.55. The first-order chi connectivity index (χ1) is 17.6. The summed E-state index contributed by atoms with van der Waals surface area (Å²) >= 11 is 0. The highest BCUT2D eigenvalue weighted by molar-refractivity contribution is 5.90. The van der Waals surface area contributed by atoms with Gasteiger partial charge in [0.05, 0.1) is 0 Å². The summed E-state index contributed by atoms with van der Waals surface area (Å²) in [6.45, 7) is 16.7. The first-order valence-corrected chi connectivity index (χ1v) is 14.0. The third kappa shape index (κ3) is 11.7. The van der Waals surface area contributed by atoms with Gasteiger partial charge < -0.3 is 25.0 Å². The number of carbonyl (C=O) groups is 3. The van der Waals surface area contributed by atoms with Gasteiger partial charge in [0, 0.05) is 19.5 Å². The van der Waals surface area contributed by atoms with Gasteiger partial charge in [-0.25, -0.2) is 9.59 Å². The van der Waals surface area contributed by atoms with Crippen LogP contribution < -0.4 is 15.4 Å². The summed E-state index contributed by atoms with van der Waals surface area (Å²) in [7, 11) is 0. The molecule has 1 fully saturated rings. The zero-order valence-electron chi connectivity index (χ0n) is 24.7. The third-order valence-electron chi connectivity index (χ3n) is 6.01. The molecule has 2 rings (SSSR count). The van der Waals surface area contributed by atoms with E-state index in [1.54, 1.807) is 25.7 Å². The van der Waals surface area contributed by atoms with E-state index in [-0.39, 0.29) is 29.9 Å². The van der Waals surface area contributed by atoms with E-state index in [0.717, 1.165) is 37.0 Å². The highest BCUT2D eigenvalue weighted by Gasteiger charge is 2.31. The number of carbonyl (C=O) groups excluding carboxylic acids is 3. The van der Waals surface area contributed by atoms with E-state index in [0.29, 0.717) is 19.5 Å². The molecule has 0 saturated carbocycles. The molecule has 0 bridgehead atoms. The molecule has 214 valence electrons. The molecule has 1 aromatic carbocycles. The number of hydrogen-bond donors (Lipinski definition) is 2. The Morgan fingerprint density at radius 1 is 0.842 bits per heavy atom. The van der Waals surface area contributed by atoms with Gasteiger partial charge in [-0.3, -0.25) is 4.79 Å². The van der Waals surface area contributed by atoms with Gasteiger partial charge in [0.15, 0.2) is 0 Å². The SMILES string of the molecule is CC(C)CC(NC(=O)N1CCCCCC1)C(=O)NC(Cc1ccc(OC(C)(C)C)cc1)C(=O)OC(C)(C)C. The fraction of sp³-hybridized carbons (Fsp3) is 0.700. The molecule has 1 aromatic rings. The lowest BCUT2D eigenvalue weighted by molar-refractivity contribution is -0.158. The Morgan fingerprint density at radius 2 is 1.42 bits per heavy atom. The Balaban J connectivity index is 2.19. The van der Waals surface area contributed by atoms with Crippen LogP contribution in [0.25, 0.3) is 0 Å². The van der Waals surface area contributed by atoms with Crippen molar-refractivity contribution in [1.29, 1.82) is 0 Å². The van der Waals surface area contributed by atoms with Crippen molar-refractivity contribution >= 4 is 17.9 Å². The average molecular weight is 532 g/mol. The summed E-state index contributed by atoms with van der Waals surface area (Å²) in [6.07, 6.45) is 4.88. The van der Waals surface area contributed by atoms with E-state index in [1.807, 2.05) is 58.9 Å². The van der Waals surface area contributed by atoms with Gasteiger partial charge in [0.25, 0.3) is 0 Å². The normalized spacial score (nSPS) is 16.3. The van der Waals surface area contributed by atoms with Crippen LogP contribution in [0.3, 0.4) is 0 Å². The molecule has 0 radical (unpaired) electrons. The first-order valence-electron chi connectivity index (χ1n) is 14.0. The lowest BCUT2D eigenvalue weighted by Gasteiger charge is -2.28. The number of nitrogens with one attached hydrogen (secondary N) is 2. The molecule has 8 nitrogen and oxygen atoms in total. The minimum Gasteiger partial charge on any atom is -0.488 e. The molecule has 8 heteroatoms. The van der Waals surface area contributed by atoms with Gasteiger partial charge in [0.1, 0.15) is 29.0 Å². The third-order valence-corrected chi connectivity index (χ3v) is 6.01. The molecule has 1 aliphatic heterocycles. The largest absolute Gasteiger partial charge is 0.488 e. The molecule has 2 N–H and O–H groups in total. The number of likely N-dealkylation sites (tertiary alicyclic amines) is 1. The minimum atomic E-state index is -0.902. The molecule has 1 saturated heterocycles. The molecule has 1 aliphatic rings. The number of rotatable bonds is 9. The molecule has 2 unspecified atom stereocenters. The molecule has 3 amide bonds. The Hall–Kier alpha value is -2.77. The van der Waals surface area contributed by atoms with E-state index >= 15 is 0 Å². The average Bonchev–Trinajstić information content (AvgIpc) is 3.06. The van der Waals surface area contributed by atoms with Crippen LogP contribution in [0, 0.1) is 5.92 Å². The van der Waals surface area contributed by atoms with Crippen LogP contribution in [-0.4, -0.2) is 59.2 Å². The van der Waals surface area contributed by atoms with Gasteiger partial charge in [-0.2, -0.15) is 0 Å². The van der Waals surface area contributed by atoms with Gasteiger partial charge in [0.2, 0.25) is 5.91 Å². The van der Waals surface area contributed by atoms with Crippen molar-refractivity contribution in [1.82, 2.24) is 15.5 Å². The summed E-state index contributed by atoms with van der Waals surface area (Å²) in [5, 5.41) is 5.83. The fourth-order valence-corrected chi connectivity index (χ4v) is 4.34. The van der Waals surface area contributed by atoms with Crippen LogP contribution in [-0.2, 0) is 20.7 Å². The van der Waals surface area contributed by atoms with Gasteiger partial charge in [-0.05, 0) is 84.4 Å². The van der Waals surface area contributed by atoms with Crippen LogP contribution in [0.15, 0.2) is 24.3 Å². The number of benzene rings is 1. The topological polar surface area (TPSA) is 97.0 Å². The predicted octanol–water partition coefficient (Wildman–Crippen LogP) is 5.23. The number of hydrogen-bond acceptors (Lipinski definition) is 5. The van der Waals surface area contributed by atoms with Crippen molar-refractivity contribution in [2.45, 2.75) is 117 Å². The quantitative estimate of drug-likeness (QED) is 0.425. The van der Waals surface area contributed by atoms with Gasteiger partial charge in [-0.15, -0.1) is 0 Å². The second kappa shape index (κ2) is 13.9. The van der Waals surface area contributed by atoms with E-state index < -0.39 is 23.7 Å². The van der Waals surface area contributed by atoms with Crippen molar-refractivity contribution in [3.63, 3.8) is 0 Å². The molecule has 1 heterocycles. The van der Waals surface area contributed by atoms with Crippen LogP contribution in [0.2, 0.25) is 0 Å². The zero-order chi connectivity index (χ0) is 28.5. The molecule has 38 heavy (non-hydrogen) atoms. The van der Waals surface area contributed by atoms with Crippen molar-refractivity contribution in [3.8, 4) is 5.75 Å². The zero-order valence-corrected chi connectivity index (χ0v) is 24.7. The van der Waals surface area contributed by atoms with Gasteiger partial charge >= 0.3 is 12.0 Å². The predicted molar refractivity (Wildman–Crippen MR) is 150 cm³/mol. The second-order valence-corrected chi connectivity index (χ2v) is 12.7. The van der Waals surface area contributed by atoms with Crippen LogP contribution in [0.4, 0.5) is 4.79 Å². The molecule has 0 aromatic heterocycles. The summed E-state index contributed by atoms with van der Waals surface area (Å²) in [5.74, 6) is 0.00581. The lowest BCUT2D eigenvalue weighted by atomic mass is 10.0. The maximum absolute atomic E-state index is 13.5. The summed E-state index contributed by atoms with van der Waals surface area (Å²) in [4.78, 5) is 41.4. The van der Waals surface area contributed by atoms with Crippen molar-refractivity contribution in [2.24, 2.45) is 5.92 Å². The van der Waals surface area contributed by atoms with Crippen molar-refractivity contribution in [2.75, 3.05) is 13.1 Å². The molecule has 0 spiro atoms. The van der Waals surface area contributed by atoms with E-state index in [2.05, 4.69) is 10.6 Å². The number of ether oxygens (including phenoxy) is 2. The summed E-state index contributed by atoms with van der Waals surface area (Å²) in [6, 6.07) is 5.61. The number of nitrogens with zero attached hydrogens (tertiary/aromatic N) is 1. The van der Waals surface area contributed by atoms with E-state index in [1.165, 1.54) is 0 Å². The Morgan fingerprint density at radius 3 is 1.92 bits per heavy atom. The Bertz CT molecular complexity index is 907. The van der Waals surface area contributed by atoms with Crippen LogP contribution >= 0.6 is 0 Å². The molecule has 0 aliphatic carbocycles. The summed E-state index contributed by atoms with van der Waals surface area (Å²) in [5.41, 5.74) is -0.169.